The standard InChI is InChI=1S/C20H23F3N2O2/c1-14-5-7-15(8-6-14)19(26)24-17-13-16(20(21,22)23)9-10-18(17)27-12-4-11-25(2)3/h5-10,13H,4,11-12H2,1-3H3,(H,24,26). The first kappa shape index (κ1) is 20.8. The van der Waals surface area contributed by atoms with E-state index in [0.717, 1.165) is 24.2 Å². The number of anilines is 1. The van der Waals surface area contributed by atoms with Crippen LogP contribution in [0.3, 0.4) is 0 Å². The molecule has 2 aromatic rings. The van der Waals surface area contributed by atoms with Crippen molar-refractivity contribution in [2.24, 2.45) is 0 Å². The van der Waals surface area contributed by atoms with Gasteiger partial charge < -0.3 is 15.0 Å². The lowest BCUT2D eigenvalue weighted by Gasteiger charge is -2.16. The van der Waals surface area contributed by atoms with E-state index in [4.69, 9.17) is 4.74 Å². The third-order valence-corrected chi connectivity index (χ3v) is 3.88. The van der Waals surface area contributed by atoms with Crippen LogP contribution < -0.4 is 10.1 Å². The number of nitrogens with one attached hydrogen (secondary N) is 1. The number of alkyl halides is 3. The number of aryl methyl sites for hydroxylation is 1. The largest absolute Gasteiger partial charge is 0.491 e. The zero-order valence-electron chi connectivity index (χ0n) is 15.6. The van der Waals surface area contributed by atoms with Gasteiger partial charge in [-0.25, -0.2) is 0 Å². The summed E-state index contributed by atoms with van der Waals surface area (Å²) in [6.07, 6.45) is -3.80. The molecule has 0 heterocycles. The van der Waals surface area contributed by atoms with Crippen molar-refractivity contribution in [2.45, 2.75) is 19.5 Å². The average molecular weight is 380 g/mol. The van der Waals surface area contributed by atoms with E-state index in [1.54, 1.807) is 24.3 Å². The van der Waals surface area contributed by atoms with Gasteiger partial charge >= 0.3 is 6.18 Å². The number of amides is 1. The van der Waals surface area contributed by atoms with Crippen molar-refractivity contribution in [1.82, 2.24) is 4.90 Å². The van der Waals surface area contributed by atoms with Crippen LogP contribution in [0, 0.1) is 6.92 Å². The Morgan fingerprint density at radius 2 is 1.78 bits per heavy atom. The van der Waals surface area contributed by atoms with Gasteiger partial charge in [-0.2, -0.15) is 13.2 Å². The summed E-state index contributed by atoms with van der Waals surface area (Å²) in [5.41, 5.74) is 0.495. The summed E-state index contributed by atoms with van der Waals surface area (Å²) in [5, 5.41) is 2.53. The molecule has 0 saturated carbocycles. The molecule has 0 unspecified atom stereocenters. The highest BCUT2D eigenvalue weighted by Crippen LogP contribution is 2.35. The highest BCUT2D eigenvalue weighted by molar-refractivity contribution is 6.05. The van der Waals surface area contributed by atoms with E-state index in [1.807, 2.05) is 25.9 Å². The Bertz CT molecular complexity index is 772. The predicted molar refractivity (Wildman–Crippen MR) is 99.2 cm³/mol. The number of carbonyl (C=O) groups is 1. The van der Waals surface area contributed by atoms with Crippen LogP contribution in [0.1, 0.15) is 27.9 Å². The molecule has 146 valence electrons. The Kier molecular flexibility index (Phi) is 6.85. The molecule has 0 radical (unpaired) electrons. The number of halogens is 3. The lowest BCUT2D eigenvalue weighted by molar-refractivity contribution is -0.137. The van der Waals surface area contributed by atoms with Gasteiger partial charge in [0.25, 0.3) is 5.91 Å². The van der Waals surface area contributed by atoms with Crippen LogP contribution in [0.2, 0.25) is 0 Å². The number of ether oxygens (including phenoxy) is 1. The van der Waals surface area contributed by atoms with E-state index in [2.05, 4.69) is 5.32 Å². The van der Waals surface area contributed by atoms with Crippen LogP contribution >= 0.6 is 0 Å². The number of hydrogen-bond donors (Lipinski definition) is 1. The molecule has 0 bridgehead atoms. The molecule has 1 amide bonds. The minimum absolute atomic E-state index is 0.000234. The Hall–Kier alpha value is -2.54. The molecule has 0 aliphatic rings. The highest BCUT2D eigenvalue weighted by atomic mass is 19.4. The minimum Gasteiger partial charge on any atom is -0.491 e. The maximum absolute atomic E-state index is 13.0. The number of rotatable bonds is 7. The van der Waals surface area contributed by atoms with Crippen LogP contribution in [-0.2, 0) is 6.18 Å². The average Bonchev–Trinajstić information content (AvgIpc) is 2.59. The van der Waals surface area contributed by atoms with Gasteiger partial charge in [0.05, 0.1) is 17.9 Å². The first-order chi connectivity index (χ1) is 12.7. The lowest BCUT2D eigenvalue weighted by Crippen LogP contribution is -2.17. The van der Waals surface area contributed by atoms with Crippen molar-refractivity contribution in [3.63, 3.8) is 0 Å². The van der Waals surface area contributed by atoms with Gasteiger partial charge in [-0.1, -0.05) is 17.7 Å². The summed E-state index contributed by atoms with van der Waals surface area (Å²) < 4.78 is 44.7. The summed E-state index contributed by atoms with van der Waals surface area (Å²) in [7, 11) is 3.84. The van der Waals surface area contributed by atoms with Crippen LogP contribution in [0.15, 0.2) is 42.5 Å². The molecule has 0 fully saturated rings. The van der Waals surface area contributed by atoms with Crippen molar-refractivity contribution in [3.8, 4) is 5.75 Å². The quantitative estimate of drug-likeness (QED) is 0.714. The molecular weight excluding hydrogens is 357 g/mol. The molecule has 4 nitrogen and oxygen atoms in total. The highest BCUT2D eigenvalue weighted by Gasteiger charge is 2.31. The van der Waals surface area contributed by atoms with E-state index in [0.29, 0.717) is 18.6 Å². The first-order valence-corrected chi connectivity index (χ1v) is 8.53. The van der Waals surface area contributed by atoms with Gasteiger partial charge in [-0.3, -0.25) is 4.79 Å². The van der Waals surface area contributed by atoms with Crippen LogP contribution in [-0.4, -0.2) is 38.1 Å². The SMILES string of the molecule is Cc1ccc(C(=O)Nc2cc(C(F)(F)F)ccc2OCCCN(C)C)cc1. The van der Waals surface area contributed by atoms with Crippen molar-refractivity contribution in [1.29, 1.82) is 0 Å². The van der Waals surface area contributed by atoms with Gasteiger partial charge in [0.15, 0.2) is 0 Å². The van der Waals surface area contributed by atoms with Crippen molar-refractivity contribution in [3.05, 3.63) is 59.2 Å². The molecule has 7 heteroatoms. The first-order valence-electron chi connectivity index (χ1n) is 8.53. The second kappa shape index (κ2) is 8.90. The van der Waals surface area contributed by atoms with Crippen LogP contribution in [0.4, 0.5) is 18.9 Å². The second-order valence-corrected chi connectivity index (χ2v) is 6.53. The van der Waals surface area contributed by atoms with E-state index in [1.165, 1.54) is 6.07 Å². The summed E-state index contributed by atoms with van der Waals surface area (Å²) in [6.45, 7) is 3.00. The fraction of sp³-hybridized carbons (Fsp3) is 0.350. The Morgan fingerprint density at radius 1 is 1.11 bits per heavy atom. The Labute approximate surface area is 156 Å². The number of benzene rings is 2. The zero-order valence-corrected chi connectivity index (χ0v) is 15.6. The molecule has 2 aromatic carbocycles. The summed E-state index contributed by atoms with van der Waals surface area (Å²) in [4.78, 5) is 14.4. The second-order valence-electron chi connectivity index (χ2n) is 6.53. The smallest absolute Gasteiger partial charge is 0.416 e. The molecule has 0 atom stereocenters. The van der Waals surface area contributed by atoms with Gasteiger partial charge in [-0.05, 0) is 57.8 Å². The molecule has 2 rings (SSSR count). The lowest BCUT2D eigenvalue weighted by atomic mass is 10.1. The predicted octanol–water partition coefficient (Wildman–Crippen LogP) is 4.60. The Morgan fingerprint density at radius 3 is 2.37 bits per heavy atom. The normalized spacial score (nSPS) is 11.5. The fourth-order valence-electron chi connectivity index (χ4n) is 2.39. The summed E-state index contributed by atoms with van der Waals surface area (Å²) in [5.74, 6) is -0.283. The van der Waals surface area contributed by atoms with E-state index in [-0.39, 0.29) is 11.4 Å². The van der Waals surface area contributed by atoms with E-state index in [9.17, 15) is 18.0 Å². The third kappa shape index (κ3) is 6.29. The maximum atomic E-state index is 13.0. The van der Waals surface area contributed by atoms with Crippen LogP contribution in [0.5, 0.6) is 5.75 Å². The number of nitrogens with zero attached hydrogens (tertiary/aromatic N) is 1. The third-order valence-electron chi connectivity index (χ3n) is 3.88. The van der Waals surface area contributed by atoms with Gasteiger partial charge in [0.1, 0.15) is 5.75 Å². The van der Waals surface area contributed by atoms with Crippen molar-refractivity contribution in [2.75, 3.05) is 32.6 Å². The van der Waals surface area contributed by atoms with Gasteiger partial charge in [0.2, 0.25) is 0 Å². The fourth-order valence-corrected chi connectivity index (χ4v) is 2.39. The summed E-state index contributed by atoms with van der Waals surface area (Å²) in [6, 6.07) is 9.85. The molecule has 27 heavy (non-hydrogen) atoms. The molecule has 0 aliphatic heterocycles. The molecule has 1 N–H and O–H groups in total. The Balaban J connectivity index is 2.21. The van der Waals surface area contributed by atoms with Crippen molar-refractivity contribution < 1.29 is 22.7 Å². The number of hydrogen-bond acceptors (Lipinski definition) is 3. The minimum atomic E-state index is -4.51. The molecule has 0 aromatic heterocycles. The molecular formula is C20H23F3N2O2. The zero-order chi connectivity index (χ0) is 20.0. The molecule has 0 aliphatic carbocycles. The van der Waals surface area contributed by atoms with Gasteiger partial charge in [0, 0.05) is 12.1 Å². The van der Waals surface area contributed by atoms with Gasteiger partial charge in [-0.15, -0.1) is 0 Å². The summed E-state index contributed by atoms with van der Waals surface area (Å²) >= 11 is 0. The van der Waals surface area contributed by atoms with E-state index >= 15 is 0 Å². The number of carbonyl (C=O) groups excluding carboxylic acids is 1. The van der Waals surface area contributed by atoms with Crippen LogP contribution in [0.25, 0.3) is 0 Å². The molecule has 0 spiro atoms. The monoisotopic (exact) mass is 380 g/mol. The maximum Gasteiger partial charge on any atom is 0.416 e. The van der Waals surface area contributed by atoms with E-state index < -0.39 is 17.6 Å². The topological polar surface area (TPSA) is 41.6 Å². The molecule has 0 saturated heterocycles. The van der Waals surface area contributed by atoms with Crippen molar-refractivity contribution >= 4 is 11.6 Å².